The number of benzene rings is 1. The second-order valence-electron chi connectivity index (χ2n) is 6.13. The highest BCUT2D eigenvalue weighted by Crippen LogP contribution is 2.46. The molecule has 0 unspecified atom stereocenters. The third kappa shape index (κ3) is 3.80. The summed E-state index contributed by atoms with van der Waals surface area (Å²) >= 11 is 5.82. The zero-order chi connectivity index (χ0) is 17.2. The molecule has 0 spiro atoms. The minimum absolute atomic E-state index is 0.515. The fourth-order valence-corrected chi connectivity index (χ4v) is 5.75. The summed E-state index contributed by atoms with van der Waals surface area (Å²) in [5, 5.41) is 1.43. The summed E-state index contributed by atoms with van der Waals surface area (Å²) in [6.45, 7) is 1.75. The number of methoxy groups -OCH3 is 1. The van der Waals surface area contributed by atoms with E-state index < -0.39 is 7.14 Å². The maximum absolute atomic E-state index is 13.2. The highest BCUT2D eigenvalue weighted by atomic mass is 35.5. The maximum Gasteiger partial charge on any atom is 0.132 e. The van der Waals surface area contributed by atoms with Gasteiger partial charge in [0.05, 0.1) is 12.1 Å². The first-order valence-electron chi connectivity index (χ1n) is 7.91. The quantitative estimate of drug-likeness (QED) is 0.780. The average Bonchev–Trinajstić information content (AvgIpc) is 2.60. The highest BCUT2D eigenvalue weighted by Gasteiger charge is 2.29. The van der Waals surface area contributed by atoms with E-state index >= 15 is 0 Å². The van der Waals surface area contributed by atoms with E-state index in [1.54, 1.807) is 19.5 Å². The third-order valence-electron chi connectivity index (χ3n) is 4.45. The van der Waals surface area contributed by atoms with Crippen LogP contribution < -0.4 is 10.0 Å². The van der Waals surface area contributed by atoms with Crippen LogP contribution in [0.2, 0.25) is 5.02 Å². The number of ether oxygens (including phenoxy) is 1. The van der Waals surface area contributed by atoms with Crippen LogP contribution in [0.5, 0.6) is 5.75 Å². The first-order valence-corrected chi connectivity index (χ1v) is 10.4. The maximum atomic E-state index is 13.2. The van der Waals surface area contributed by atoms with E-state index in [1.165, 1.54) is 0 Å². The minimum Gasteiger partial charge on any atom is -0.496 e. The topological polar surface area (TPSA) is 55.3 Å². The monoisotopic (exact) mass is 365 g/mol. The Hall–Kier alpha value is -1.42. The molecule has 1 aromatic carbocycles. The summed E-state index contributed by atoms with van der Waals surface area (Å²) in [6.07, 6.45) is 5.18. The highest BCUT2D eigenvalue weighted by molar-refractivity contribution is 7.71. The van der Waals surface area contributed by atoms with E-state index in [2.05, 4.69) is 21.9 Å². The molecule has 0 atom stereocenters. The molecule has 0 saturated carbocycles. The van der Waals surface area contributed by atoms with Gasteiger partial charge in [-0.15, -0.1) is 0 Å². The number of rotatable bonds is 4. The first kappa shape index (κ1) is 17.4. The lowest BCUT2D eigenvalue weighted by atomic mass is 10.1. The summed E-state index contributed by atoms with van der Waals surface area (Å²) < 4.78 is 18.8. The molecule has 0 bridgehead atoms. The van der Waals surface area contributed by atoms with Crippen molar-refractivity contribution < 1.29 is 9.30 Å². The van der Waals surface area contributed by atoms with Crippen LogP contribution in [0.3, 0.4) is 0 Å². The molecule has 1 aliphatic heterocycles. The van der Waals surface area contributed by atoms with Crippen molar-refractivity contribution in [2.45, 2.75) is 6.42 Å². The zero-order valence-corrected chi connectivity index (χ0v) is 15.6. The molecule has 3 rings (SSSR count). The molecular formula is C17H21ClN3O2P. The summed E-state index contributed by atoms with van der Waals surface area (Å²) in [5.74, 6) is 1.41. The smallest absolute Gasteiger partial charge is 0.132 e. The molecule has 1 saturated heterocycles. The summed E-state index contributed by atoms with van der Waals surface area (Å²) in [5.41, 5.74) is 0.976. The lowest BCUT2D eigenvalue weighted by Gasteiger charge is -2.30. The Kier molecular flexibility index (Phi) is 5.24. The average molecular weight is 366 g/mol. The van der Waals surface area contributed by atoms with Gasteiger partial charge in [0, 0.05) is 55.1 Å². The molecule has 1 aromatic heterocycles. The van der Waals surface area contributed by atoms with E-state index in [0.29, 0.717) is 17.3 Å². The minimum atomic E-state index is -2.32. The fraction of sp³-hybridized carbons (Fsp3) is 0.412. The van der Waals surface area contributed by atoms with E-state index in [1.807, 2.05) is 18.2 Å². The van der Waals surface area contributed by atoms with Crippen molar-refractivity contribution in [3.63, 3.8) is 0 Å². The van der Waals surface area contributed by atoms with Crippen molar-refractivity contribution >= 4 is 24.0 Å². The Balaban J connectivity index is 1.85. The van der Waals surface area contributed by atoms with Gasteiger partial charge in [-0.1, -0.05) is 23.7 Å². The van der Waals surface area contributed by atoms with Gasteiger partial charge in [0.15, 0.2) is 0 Å². The van der Waals surface area contributed by atoms with E-state index in [-0.39, 0.29) is 0 Å². The van der Waals surface area contributed by atoms with Crippen LogP contribution in [-0.4, -0.2) is 54.4 Å². The summed E-state index contributed by atoms with van der Waals surface area (Å²) in [4.78, 5) is 10.7. The standard InChI is InChI=1S/C17H21ClN3O2P/c1-21-5-7-24(22,8-6-21)15-4-3-13(16(10-15)23-2)9-17-19-11-14(18)12-20-17/h3-4,10-12H,5-9H2,1-2H3. The predicted octanol–water partition coefficient (Wildman–Crippen LogP) is 2.66. The Morgan fingerprint density at radius 1 is 1.25 bits per heavy atom. The molecule has 0 aliphatic carbocycles. The molecular weight excluding hydrogens is 345 g/mol. The lowest BCUT2D eigenvalue weighted by Crippen LogP contribution is -2.34. The van der Waals surface area contributed by atoms with Crippen LogP contribution in [0.4, 0.5) is 0 Å². The Bertz CT molecular complexity index is 755. The number of hydrogen-bond acceptors (Lipinski definition) is 5. The van der Waals surface area contributed by atoms with Gasteiger partial charge in [0.2, 0.25) is 0 Å². The Morgan fingerprint density at radius 3 is 2.54 bits per heavy atom. The van der Waals surface area contributed by atoms with E-state index in [9.17, 15) is 4.57 Å². The van der Waals surface area contributed by atoms with Crippen molar-refractivity contribution in [3.05, 3.63) is 47.0 Å². The first-order chi connectivity index (χ1) is 11.5. The van der Waals surface area contributed by atoms with Gasteiger partial charge in [-0.25, -0.2) is 9.97 Å². The second kappa shape index (κ2) is 7.22. The molecule has 0 N–H and O–H groups in total. The largest absolute Gasteiger partial charge is 0.496 e. The van der Waals surface area contributed by atoms with Gasteiger partial charge in [-0.05, 0) is 13.1 Å². The van der Waals surface area contributed by atoms with Gasteiger partial charge in [0.25, 0.3) is 0 Å². The van der Waals surface area contributed by atoms with Gasteiger partial charge >= 0.3 is 0 Å². The molecule has 128 valence electrons. The van der Waals surface area contributed by atoms with Crippen LogP contribution in [0, 0.1) is 0 Å². The zero-order valence-electron chi connectivity index (χ0n) is 13.9. The number of nitrogens with zero attached hydrogens (tertiary/aromatic N) is 3. The molecule has 1 aliphatic rings. The molecule has 0 radical (unpaired) electrons. The molecule has 5 nitrogen and oxygen atoms in total. The van der Waals surface area contributed by atoms with E-state index in [0.717, 1.165) is 42.0 Å². The SMILES string of the molecule is COc1cc(P2(=O)CCN(C)CC2)ccc1Cc1ncc(Cl)cn1. The van der Waals surface area contributed by atoms with Crippen molar-refractivity contribution in [3.8, 4) is 5.75 Å². The van der Waals surface area contributed by atoms with Crippen LogP contribution >= 0.6 is 18.7 Å². The second-order valence-corrected chi connectivity index (χ2v) is 9.76. The van der Waals surface area contributed by atoms with Crippen molar-refractivity contribution in [1.29, 1.82) is 0 Å². The van der Waals surface area contributed by atoms with Gasteiger partial charge < -0.3 is 14.2 Å². The van der Waals surface area contributed by atoms with Crippen LogP contribution in [0.25, 0.3) is 0 Å². The normalized spacial score (nSPS) is 17.6. The van der Waals surface area contributed by atoms with E-state index in [4.69, 9.17) is 16.3 Å². The lowest BCUT2D eigenvalue weighted by molar-refractivity contribution is 0.361. The Labute approximate surface area is 147 Å². The third-order valence-corrected chi connectivity index (χ3v) is 7.71. The van der Waals surface area contributed by atoms with Crippen LogP contribution in [0.1, 0.15) is 11.4 Å². The van der Waals surface area contributed by atoms with Crippen molar-refractivity contribution in [1.82, 2.24) is 14.9 Å². The predicted molar refractivity (Wildman–Crippen MR) is 97.3 cm³/mol. The van der Waals surface area contributed by atoms with Crippen molar-refractivity contribution in [2.24, 2.45) is 0 Å². The number of hydrogen-bond donors (Lipinski definition) is 0. The summed E-state index contributed by atoms with van der Waals surface area (Å²) in [7, 11) is 1.38. The molecule has 2 heterocycles. The number of halogens is 1. The number of aromatic nitrogens is 2. The molecule has 0 amide bonds. The van der Waals surface area contributed by atoms with Gasteiger partial charge in [-0.3, -0.25) is 0 Å². The van der Waals surface area contributed by atoms with Crippen LogP contribution in [-0.2, 0) is 11.0 Å². The van der Waals surface area contributed by atoms with Crippen LogP contribution in [0.15, 0.2) is 30.6 Å². The fourth-order valence-electron chi connectivity index (χ4n) is 2.88. The molecule has 7 heteroatoms. The van der Waals surface area contributed by atoms with Crippen molar-refractivity contribution in [2.75, 3.05) is 39.6 Å². The molecule has 24 heavy (non-hydrogen) atoms. The van der Waals surface area contributed by atoms with Gasteiger partial charge in [0.1, 0.15) is 18.7 Å². The summed E-state index contributed by atoms with van der Waals surface area (Å²) in [6, 6.07) is 5.88. The molecule has 2 aromatic rings. The molecule has 1 fully saturated rings. The van der Waals surface area contributed by atoms with Gasteiger partial charge in [-0.2, -0.15) is 0 Å². The Morgan fingerprint density at radius 2 is 1.92 bits per heavy atom.